The summed E-state index contributed by atoms with van der Waals surface area (Å²) >= 11 is 0. The van der Waals surface area contributed by atoms with Crippen LogP contribution >= 0.6 is 8.38 Å². The zero-order valence-electron chi connectivity index (χ0n) is 25.8. The van der Waals surface area contributed by atoms with Gasteiger partial charge in [0.05, 0.1) is 18.1 Å². The van der Waals surface area contributed by atoms with Gasteiger partial charge in [-0.15, -0.1) is 0 Å². The predicted molar refractivity (Wildman–Crippen MR) is 172 cm³/mol. The number of hydrogen-bond acceptors (Lipinski definition) is 8. The number of amides is 3. The normalized spacial score (nSPS) is 15.1. The van der Waals surface area contributed by atoms with E-state index < -0.39 is 19.6 Å². The summed E-state index contributed by atoms with van der Waals surface area (Å²) in [7, 11) is -1.94. The first-order chi connectivity index (χ1) is 22.5. The molecule has 4 N–H and O–H groups in total. The highest BCUT2D eigenvalue weighted by Crippen LogP contribution is 2.52. The number of hydrogen-bond donors (Lipinski definition) is 4. The second kappa shape index (κ2) is 19.7. The molecule has 250 valence electrons. The summed E-state index contributed by atoms with van der Waals surface area (Å²) in [5.74, 6) is -0.102. The number of pyridine rings is 1. The standard InChI is InChI=1S/C13H12F2NO3P.C8H12N2O.C6H8N2O.C5H5NO/c1-16-12(17)9-3-2-8-4-5-11(7-10(8)6-9)13(14,15)20(18)19;9-5-3-4-8(11)10-6-1-2-7-10;7-3-6-1-2-8(4-6)5-9;7-5-3-1-2-4-6-5/h2-7,18-19H,1H3,(H,16,17);1-4,6-7H2;5-6H,1-2,4H2;1-4H,(H,6,7). The summed E-state index contributed by atoms with van der Waals surface area (Å²) in [6.45, 7) is 3.16. The molecule has 2 aliphatic rings. The first-order valence-corrected chi connectivity index (χ1v) is 15.9. The number of likely N-dealkylation sites (tertiary alicyclic amines) is 2. The number of carbonyl (C=O) groups excluding carboxylic acids is 3. The lowest BCUT2D eigenvalue weighted by molar-refractivity contribution is -0.130. The number of aromatic nitrogens is 1. The largest absolute Gasteiger partial charge is 0.355 e. The maximum Gasteiger partial charge on any atom is 0.339 e. The van der Waals surface area contributed by atoms with E-state index in [1.165, 1.54) is 25.2 Å². The van der Waals surface area contributed by atoms with Crippen LogP contribution < -0.4 is 10.9 Å². The molecule has 2 fully saturated rings. The molecule has 2 saturated heterocycles. The average molecular weight is 671 g/mol. The molecule has 15 heteroatoms. The number of benzene rings is 2. The van der Waals surface area contributed by atoms with Gasteiger partial charge in [-0.1, -0.05) is 24.3 Å². The lowest BCUT2D eigenvalue weighted by atomic mass is 10.0. The summed E-state index contributed by atoms with van der Waals surface area (Å²) in [4.78, 5) is 66.5. The molecule has 1 atom stereocenters. The number of alkyl halides is 2. The zero-order chi connectivity index (χ0) is 34.8. The predicted octanol–water partition coefficient (Wildman–Crippen LogP) is 3.82. The van der Waals surface area contributed by atoms with Crippen LogP contribution in [0, 0.1) is 28.6 Å². The van der Waals surface area contributed by atoms with Crippen molar-refractivity contribution in [3.8, 4) is 12.1 Å². The van der Waals surface area contributed by atoms with Gasteiger partial charge in [-0.3, -0.25) is 19.2 Å². The van der Waals surface area contributed by atoms with Crippen LogP contribution in [-0.2, 0) is 15.3 Å². The van der Waals surface area contributed by atoms with E-state index in [9.17, 15) is 28.0 Å². The van der Waals surface area contributed by atoms with Gasteiger partial charge in [0.15, 0.2) is 0 Å². The molecule has 3 amide bonds. The van der Waals surface area contributed by atoms with E-state index in [0.717, 1.165) is 57.4 Å². The first-order valence-electron chi connectivity index (χ1n) is 14.7. The Morgan fingerprint density at radius 2 is 1.79 bits per heavy atom. The first kappa shape index (κ1) is 38.4. The Balaban J connectivity index is 0.000000239. The molecule has 2 aromatic carbocycles. The summed E-state index contributed by atoms with van der Waals surface area (Å²) in [6, 6.07) is 17.5. The summed E-state index contributed by atoms with van der Waals surface area (Å²) in [5.41, 5.74) is -3.90. The minimum atomic E-state index is -3.70. The van der Waals surface area contributed by atoms with Gasteiger partial charge >= 0.3 is 5.66 Å². The van der Waals surface area contributed by atoms with Crippen molar-refractivity contribution in [3.63, 3.8) is 0 Å². The second-order valence-electron chi connectivity index (χ2n) is 10.4. The summed E-state index contributed by atoms with van der Waals surface area (Å²) in [6.07, 6.45) is 6.25. The molecule has 1 aromatic heterocycles. The van der Waals surface area contributed by atoms with Crippen LogP contribution in [0.25, 0.3) is 10.8 Å². The number of nitrogens with zero attached hydrogens (tertiary/aromatic N) is 4. The van der Waals surface area contributed by atoms with E-state index in [2.05, 4.69) is 16.4 Å². The molecule has 3 aromatic rings. The molecule has 0 saturated carbocycles. The number of aromatic amines is 1. The molecule has 5 rings (SSSR count). The number of rotatable bonds is 6. The van der Waals surface area contributed by atoms with Crippen LogP contribution in [0.1, 0.15) is 48.0 Å². The molecule has 1 unspecified atom stereocenters. The quantitative estimate of drug-likeness (QED) is 0.225. The molecule has 0 bridgehead atoms. The lowest BCUT2D eigenvalue weighted by Gasteiger charge is -2.17. The second-order valence-corrected chi connectivity index (χ2v) is 11.5. The summed E-state index contributed by atoms with van der Waals surface area (Å²) < 4.78 is 27.2. The van der Waals surface area contributed by atoms with E-state index in [0.29, 0.717) is 35.7 Å². The van der Waals surface area contributed by atoms with Gasteiger partial charge in [-0.2, -0.15) is 19.3 Å². The van der Waals surface area contributed by atoms with Gasteiger partial charge in [-0.05, 0) is 54.3 Å². The third-order valence-corrected chi connectivity index (χ3v) is 7.83. The number of H-pyrrole nitrogens is 1. The smallest absolute Gasteiger partial charge is 0.339 e. The van der Waals surface area contributed by atoms with Crippen molar-refractivity contribution >= 4 is 37.4 Å². The highest BCUT2D eigenvalue weighted by Gasteiger charge is 2.40. The fraction of sp³-hybridized carbons (Fsp3) is 0.375. The molecular formula is C32H37F2N6O6P. The number of fused-ring (bicyclic) bond motifs is 1. The van der Waals surface area contributed by atoms with E-state index in [1.54, 1.807) is 35.4 Å². The highest BCUT2D eigenvalue weighted by molar-refractivity contribution is 7.46. The molecular weight excluding hydrogens is 633 g/mol. The van der Waals surface area contributed by atoms with Gasteiger partial charge < -0.3 is 29.9 Å². The third kappa shape index (κ3) is 12.5. The Morgan fingerprint density at radius 3 is 2.28 bits per heavy atom. The van der Waals surface area contributed by atoms with Crippen LogP contribution in [0.15, 0.2) is 65.6 Å². The molecule has 2 aliphatic heterocycles. The van der Waals surface area contributed by atoms with E-state index >= 15 is 0 Å². The minimum absolute atomic E-state index is 0.0532. The number of nitriles is 2. The minimum Gasteiger partial charge on any atom is -0.355 e. The van der Waals surface area contributed by atoms with Crippen molar-refractivity contribution in [1.29, 1.82) is 10.5 Å². The van der Waals surface area contributed by atoms with Gasteiger partial charge in [-0.25, -0.2) is 0 Å². The van der Waals surface area contributed by atoms with Crippen molar-refractivity contribution < 1.29 is 33.0 Å². The lowest BCUT2D eigenvalue weighted by Crippen LogP contribution is -2.27. The van der Waals surface area contributed by atoms with Crippen molar-refractivity contribution in [2.24, 2.45) is 5.92 Å². The van der Waals surface area contributed by atoms with Crippen LogP contribution in [0.5, 0.6) is 0 Å². The van der Waals surface area contributed by atoms with Crippen molar-refractivity contribution in [3.05, 3.63) is 82.3 Å². The van der Waals surface area contributed by atoms with Crippen LogP contribution in [-0.4, -0.2) is 76.0 Å². The molecule has 47 heavy (non-hydrogen) atoms. The SMILES string of the molecule is CNC(=O)c1ccc2ccc(C(F)(F)P(O)O)cc2c1.N#CC1CCN(C=O)C1.N#CCCC(=O)N1CCCC1.O=c1cccc[nH]1. The highest BCUT2D eigenvalue weighted by atomic mass is 31.2. The number of carbonyl (C=O) groups is 3. The number of nitrogens with one attached hydrogen (secondary N) is 2. The Morgan fingerprint density at radius 1 is 1.09 bits per heavy atom. The third-order valence-electron chi connectivity index (χ3n) is 7.07. The van der Waals surface area contributed by atoms with E-state index in [1.807, 2.05) is 11.0 Å². The fourth-order valence-corrected chi connectivity index (χ4v) is 4.86. The van der Waals surface area contributed by atoms with Crippen molar-refractivity contribution in [1.82, 2.24) is 20.1 Å². The Bertz CT molecular complexity index is 1600. The zero-order valence-corrected chi connectivity index (χ0v) is 26.7. The topological polar surface area (TPSA) is 191 Å². The fourth-order valence-electron chi connectivity index (χ4n) is 4.49. The molecule has 3 heterocycles. The maximum atomic E-state index is 13.6. The van der Waals surface area contributed by atoms with Crippen LogP contribution in [0.3, 0.4) is 0 Å². The van der Waals surface area contributed by atoms with Crippen molar-refractivity contribution in [2.75, 3.05) is 33.2 Å². The van der Waals surface area contributed by atoms with Crippen LogP contribution in [0.4, 0.5) is 8.78 Å². The van der Waals surface area contributed by atoms with Gasteiger partial charge in [0.1, 0.15) is 0 Å². The summed E-state index contributed by atoms with van der Waals surface area (Å²) in [5, 5.41) is 20.2. The Labute approximate surface area is 272 Å². The number of halogens is 2. The van der Waals surface area contributed by atoms with Crippen molar-refractivity contribution in [2.45, 2.75) is 37.8 Å². The Kier molecular flexibility index (Phi) is 16.1. The molecule has 0 spiro atoms. The average Bonchev–Trinajstić information content (AvgIpc) is 3.80. The molecule has 12 nitrogen and oxygen atoms in total. The monoisotopic (exact) mass is 670 g/mol. The van der Waals surface area contributed by atoms with Crippen LogP contribution in [0.2, 0.25) is 0 Å². The van der Waals surface area contributed by atoms with Gasteiger partial charge in [0, 0.05) is 69.5 Å². The molecule has 0 aliphatic carbocycles. The van der Waals surface area contributed by atoms with Gasteiger partial charge in [0.2, 0.25) is 26.3 Å². The maximum absolute atomic E-state index is 13.6. The van der Waals surface area contributed by atoms with E-state index in [4.69, 9.17) is 20.3 Å². The Hall–Kier alpha value is -4.75. The van der Waals surface area contributed by atoms with Gasteiger partial charge in [0.25, 0.3) is 5.91 Å². The van der Waals surface area contributed by atoms with E-state index in [-0.39, 0.29) is 23.3 Å². The molecule has 0 radical (unpaired) electrons.